The largest absolute Gasteiger partial charge is 0.481 e. The number of carboxylic acid groups (broad SMARTS) is 1. The van der Waals surface area contributed by atoms with Gasteiger partial charge in [0.05, 0.1) is 24.0 Å². The Hall–Kier alpha value is -1.10. The maximum atomic E-state index is 11.5. The minimum atomic E-state index is -1.10. The lowest BCUT2D eigenvalue weighted by Crippen LogP contribution is -2.41. The van der Waals surface area contributed by atoms with Crippen molar-refractivity contribution >= 4 is 11.9 Å². The van der Waals surface area contributed by atoms with E-state index < -0.39 is 28.9 Å². The zero-order valence-electron chi connectivity index (χ0n) is 8.52. The van der Waals surface area contributed by atoms with Crippen molar-refractivity contribution in [3.8, 4) is 0 Å². The van der Waals surface area contributed by atoms with Crippen LogP contribution < -0.4 is 0 Å². The summed E-state index contributed by atoms with van der Waals surface area (Å²) in [5.74, 6) is -1.49. The molecule has 84 valence electrons. The summed E-state index contributed by atoms with van der Waals surface area (Å²) >= 11 is 0. The van der Waals surface area contributed by atoms with Crippen LogP contribution in [0.25, 0.3) is 0 Å². The first-order valence-electron chi connectivity index (χ1n) is 4.99. The monoisotopic (exact) mass is 214 g/mol. The van der Waals surface area contributed by atoms with Gasteiger partial charge in [0.25, 0.3) is 0 Å². The minimum absolute atomic E-state index is 0.447. The van der Waals surface area contributed by atoms with E-state index >= 15 is 0 Å². The van der Waals surface area contributed by atoms with Crippen LogP contribution in [0, 0.1) is 10.8 Å². The van der Waals surface area contributed by atoms with E-state index in [0.29, 0.717) is 25.7 Å². The molecule has 2 fully saturated rings. The Morgan fingerprint density at radius 3 is 1.93 bits per heavy atom. The number of carboxylic acids is 1. The molecular formula is C10H14O5. The van der Waals surface area contributed by atoms with Gasteiger partial charge in [-0.15, -0.1) is 0 Å². The Balaban J connectivity index is 2.18. The summed E-state index contributed by atoms with van der Waals surface area (Å²) in [6.45, 7) is 0. The van der Waals surface area contributed by atoms with E-state index in [4.69, 9.17) is 5.11 Å². The topological polar surface area (TPSA) is 83.8 Å². The normalized spacial score (nSPS) is 26.5. The number of esters is 1. The average Bonchev–Trinajstić information content (AvgIpc) is 3.07. The van der Waals surface area contributed by atoms with Crippen molar-refractivity contribution in [3.05, 3.63) is 0 Å². The Morgan fingerprint density at radius 1 is 1.20 bits per heavy atom. The highest BCUT2D eigenvalue weighted by Crippen LogP contribution is 2.62. The van der Waals surface area contributed by atoms with Gasteiger partial charge >= 0.3 is 11.9 Å². The Morgan fingerprint density at radius 2 is 1.67 bits per heavy atom. The van der Waals surface area contributed by atoms with Crippen LogP contribution in [-0.4, -0.2) is 35.4 Å². The molecule has 2 aliphatic carbocycles. The van der Waals surface area contributed by atoms with Crippen molar-refractivity contribution in [2.45, 2.75) is 31.8 Å². The standard InChI is InChI=1S/C10H14O5/c1-15-8(14)10(4-5-10)6(11)9(2-3-9)7(12)13/h6,11H,2-5H2,1H3,(H,12,13). The molecule has 2 rings (SSSR count). The molecular weight excluding hydrogens is 200 g/mol. The second-order valence-corrected chi connectivity index (χ2v) is 4.51. The van der Waals surface area contributed by atoms with Crippen LogP contribution >= 0.6 is 0 Å². The third-order valence-electron chi connectivity index (χ3n) is 3.64. The zero-order valence-corrected chi connectivity index (χ0v) is 8.52. The Labute approximate surface area is 87.0 Å². The van der Waals surface area contributed by atoms with Gasteiger partial charge in [-0.2, -0.15) is 0 Å². The summed E-state index contributed by atoms with van der Waals surface area (Å²) < 4.78 is 4.61. The fraction of sp³-hybridized carbons (Fsp3) is 0.800. The van der Waals surface area contributed by atoms with Gasteiger partial charge in [-0.05, 0) is 25.7 Å². The smallest absolute Gasteiger partial charge is 0.314 e. The Bertz CT molecular complexity index is 314. The summed E-state index contributed by atoms with van der Waals surface area (Å²) in [4.78, 5) is 22.5. The van der Waals surface area contributed by atoms with Crippen molar-refractivity contribution in [3.63, 3.8) is 0 Å². The van der Waals surface area contributed by atoms with Crippen molar-refractivity contribution < 1.29 is 24.5 Å². The minimum Gasteiger partial charge on any atom is -0.481 e. The fourth-order valence-electron chi connectivity index (χ4n) is 2.19. The number of carbonyl (C=O) groups is 2. The molecule has 5 heteroatoms. The van der Waals surface area contributed by atoms with E-state index in [1.54, 1.807) is 0 Å². The maximum Gasteiger partial charge on any atom is 0.314 e. The second kappa shape index (κ2) is 2.95. The summed E-state index contributed by atoms with van der Waals surface area (Å²) in [6.07, 6.45) is 0.839. The van der Waals surface area contributed by atoms with E-state index in [1.165, 1.54) is 7.11 Å². The van der Waals surface area contributed by atoms with Gasteiger partial charge < -0.3 is 14.9 Å². The van der Waals surface area contributed by atoms with E-state index in [1.807, 2.05) is 0 Å². The summed E-state index contributed by atoms with van der Waals surface area (Å²) in [6, 6.07) is 0. The lowest BCUT2D eigenvalue weighted by Gasteiger charge is -2.25. The lowest BCUT2D eigenvalue weighted by atomic mass is 9.85. The lowest BCUT2D eigenvalue weighted by molar-refractivity contribution is -0.160. The fourth-order valence-corrected chi connectivity index (χ4v) is 2.19. The average molecular weight is 214 g/mol. The van der Waals surface area contributed by atoms with Gasteiger partial charge in [-0.1, -0.05) is 0 Å². The van der Waals surface area contributed by atoms with Crippen molar-refractivity contribution in [1.82, 2.24) is 0 Å². The quantitative estimate of drug-likeness (QED) is 0.651. The number of aliphatic carboxylic acids is 1. The molecule has 0 aromatic carbocycles. The molecule has 0 bridgehead atoms. The molecule has 5 nitrogen and oxygen atoms in total. The molecule has 0 aliphatic heterocycles. The van der Waals surface area contributed by atoms with E-state index in [9.17, 15) is 14.7 Å². The van der Waals surface area contributed by atoms with Crippen molar-refractivity contribution in [2.24, 2.45) is 10.8 Å². The number of hydrogen-bond donors (Lipinski definition) is 2. The van der Waals surface area contributed by atoms with Gasteiger partial charge in [0.15, 0.2) is 0 Å². The second-order valence-electron chi connectivity index (χ2n) is 4.51. The maximum absolute atomic E-state index is 11.5. The molecule has 0 aromatic heterocycles. The molecule has 0 heterocycles. The predicted octanol–water partition coefficient (Wildman–Crippen LogP) is 0.165. The number of rotatable bonds is 4. The van der Waals surface area contributed by atoms with Gasteiger partial charge in [0.1, 0.15) is 0 Å². The molecule has 1 atom stereocenters. The highest BCUT2D eigenvalue weighted by molar-refractivity contribution is 5.85. The van der Waals surface area contributed by atoms with Gasteiger partial charge in [-0.3, -0.25) is 9.59 Å². The summed E-state index contributed by atoms with van der Waals surface area (Å²) in [7, 11) is 1.26. The van der Waals surface area contributed by atoms with Crippen LogP contribution in [0.5, 0.6) is 0 Å². The highest BCUT2D eigenvalue weighted by Gasteiger charge is 2.69. The number of aliphatic hydroxyl groups is 1. The SMILES string of the molecule is COC(=O)C1(C(O)C2(C(=O)O)CC2)CC1. The van der Waals surface area contributed by atoms with Crippen LogP contribution in [-0.2, 0) is 14.3 Å². The number of carbonyl (C=O) groups excluding carboxylic acids is 1. The van der Waals surface area contributed by atoms with E-state index in [-0.39, 0.29) is 0 Å². The first-order valence-corrected chi connectivity index (χ1v) is 4.99. The van der Waals surface area contributed by atoms with Crippen molar-refractivity contribution in [1.29, 1.82) is 0 Å². The molecule has 1 unspecified atom stereocenters. The van der Waals surface area contributed by atoms with Crippen LogP contribution in [0.1, 0.15) is 25.7 Å². The molecule has 0 saturated heterocycles. The van der Waals surface area contributed by atoms with Crippen LogP contribution in [0.15, 0.2) is 0 Å². The van der Waals surface area contributed by atoms with Crippen LogP contribution in [0.4, 0.5) is 0 Å². The molecule has 0 spiro atoms. The summed E-state index contributed by atoms with van der Waals surface area (Å²) in [5, 5.41) is 19.0. The number of aliphatic hydroxyl groups excluding tert-OH is 1. The van der Waals surface area contributed by atoms with Gasteiger partial charge in [0, 0.05) is 0 Å². The van der Waals surface area contributed by atoms with Gasteiger partial charge in [0.2, 0.25) is 0 Å². The van der Waals surface area contributed by atoms with Crippen LogP contribution in [0.2, 0.25) is 0 Å². The van der Waals surface area contributed by atoms with E-state index in [2.05, 4.69) is 4.74 Å². The Kier molecular flexibility index (Phi) is 2.05. The first kappa shape index (κ1) is 10.4. The predicted molar refractivity (Wildman–Crippen MR) is 49.0 cm³/mol. The number of ether oxygens (including phenoxy) is 1. The highest BCUT2D eigenvalue weighted by atomic mass is 16.5. The number of methoxy groups -OCH3 is 1. The zero-order chi connectivity index (χ0) is 11.3. The molecule has 15 heavy (non-hydrogen) atoms. The third-order valence-corrected chi connectivity index (χ3v) is 3.64. The molecule has 0 radical (unpaired) electrons. The van der Waals surface area contributed by atoms with E-state index in [0.717, 1.165) is 0 Å². The number of hydrogen-bond acceptors (Lipinski definition) is 4. The molecule has 0 aromatic rings. The third kappa shape index (κ3) is 1.26. The summed E-state index contributed by atoms with van der Waals surface area (Å²) in [5.41, 5.74) is -2.03. The molecule has 0 amide bonds. The molecule has 2 saturated carbocycles. The first-order chi connectivity index (χ1) is 6.99. The van der Waals surface area contributed by atoms with Crippen LogP contribution in [0.3, 0.4) is 0 Å². The molecule has 2 N–H and O–H groups in total. The molecule has 2 aliphatic rings. The van der Waals surface area contributed by atoms with Gasteiger partial charge in [-0.25, -0.2) is 0 Å². The van der Waals surface area contributed by atoms with Crippen molar-refractivity contribution in [2.75, 3.05) is 7.11 Å².